The fourth-order valence-corrected chi connectivity index (χ4v) is 2.60. The summed E-state index contributed by atoms with van der Waals surface area (Å²) in [6.07, 6.45) is 1.06. The first-order valence-electron chi connectivity index (χ1n) is 7.02. The SMILES string of the molecule is CCCN1C(=O)CC(NCc2c(C)nn(C)c2C)C1=O. The highest BCUT2D eigenvalue weighted by atomic mass is 16.2. The first-order valence-corrected chi connectivity index (χ1v) is 7.02. The lowest BCUT2D eigenvalue weighted by atomic mass is 10.1. The minimum absolute atomic E-state index is 0.0750. The Labute approximate surface area is 119 Å². The second-order valence-electron chi connectivity index (χ2n) is 5.29. The lowest BCUT2D eigenvalue weighted by molar-refractivity contribution is -0.138. The molecule has 1 aromatic heterocycles. The van der Waals surface area contributed by atoms with Crippen LogP contribution >= 0.6 is 0 Å². The molecule has 110 valence electrons. The number of hydrogen-bond donors (Lipinski definition) is 1. The van der Waals surface area contributed by atoms with E-state index in [9.17, 15) is 9.59 Å². The monoisotopic (exact) mass is 278 g/mol. The van der Waals surface area contributed by atoms with Crippen molar-refractivity contribution in [2.45, 2.75) is 46.2 Å². The Kier molecular flexibility index (Phi) is 4.23. The van der Waals surface area contributed by atoms with E-state index in [1.807, 2.05) is 32.5 Å². The largest absolute Gasteiger partial charge is 0.301 e. The second-order valence-corrected chi connectivity index (χ2v) is 5.29. The summed E-state index contributed by atoms with van der Waals surface area (Å²) >= 11 is 0. The zero-order valence-electron chi connectivity index (χ0n) is 12.6. The number of carbonyl (C=O) groups excluding carboxylic acids is 2. The van der Waals surface area contributed by atoms with Crippen LogP contribution in [0, 0.1) is 13.8 Å². The van der Waals surface area contributed by atoms with Gasteiger partial charge in [0.15, 0.2) is 0 Å². The summed E-state index contributed by atoms with van der Waals surface area (Å²) < 4.78 is 1.83. The molecule has 1 saturated heterocycles. The van der Waals surface area contributed by atoms with E-state index in [2.05, 4.69) is 10.4 Å². The molecule has 1 aliphatic heterocycles. The summed E-state index contributed by atoms with van der Waals surface area (Å²) in [6.45, 7) is 7.00. The van der Waals surface area contributed by atoms with Crippen molar-refractivity contribution in [2.24, 2.45) is 7.05 Å². The van der Waals surface area contributed by atoms with E-state index in [0.29, 0.717) is 13.1 Å². The van der Waals surface area contributed by atoms with Crippen molar-refractivity contribution >= 4 is 11.8 Å². The molecule has 1 aliphatic rings. The molecule has 0 spiro atoms. The topological polar surface area (TPSA) is 67.2 Å². The van der Waals surface area contributed by atoms with Crippen LogP contribution in [0.25, 0.3) is 0 Å². The fraction of sp³-hybridized carbons (Fsp3) is 0.643. The molecule has 0 aromatic carbocycles. The molecule has 2 amide bonds. The van der Waals surface area contributed by atoms with E-state index >= 15 is 0 Å². The molecule has 1 atom stereocenters. The molecule has 2 heterocycles. The summed E-state index contributed by atoms with van der Waals surface area (Å²) in [5, 5.41) is 7.54. The molecule has 6 heteroatoms. The predicted molar refractivity (Wildman–Crippen MR) is 74.9 cm³/mol. The summed E-state index contributed by atoms with van der Waals surface area (Å²) in [4.78, 5) is 25.3. The number of nitrogens with zero attached hydrogens (tertiary/aromatic N) is 3. The maximum Gasteiger partial charge on any atom is 0.246 e. The molecule has 1 unspecified atom stereocenters. The van der Waals surface area contributed by atoms with E-state index in [0.717, 1.165) is 23.4 Å². The van der Waals surface area contributed by atoms with Crippen molar-refractivity contribution < 1.29 is 9.59 Å². The first kappa shape index (κ1) is 14.7. The van der Waals surface area contributed by atoms with Gasteiger partial charge >= 0.3 is 0 Å². The van der Waals surface area contributed by atoms with Crippen molar-refractivity contribution in [3.63, 3.8) is 0 Å². The number of likely N-dealkylation sites (tertiary alicyclic amines) is 1. The van der Waals surface area contributed by atoms with E-state index in [1.54, 1.807) is 0 Å². The Hall–Kier alpha value is -1.69. The van der Waals surface area contributed by atoms with E-state index in [1.165, 1.54) is 4.90 Å². The van der Waals surface area contributed by atoms with Gasteiger partial charge in [-0.2, -0.15) is 5.10 Å². The van der Waals surface area contributed by atoms with Gasteiger partial charge in [-0.1, -0.05) is 6.92 Å². The highest BCUT2D eigenvalue weighted by Crippen LogP contribution is 2.16. The van der Waals surface area contributed by atoms with Crippen LogP contribution in [-0.4, -0.2) is 39.1 Å². The molecule has 0 aliphatic carbocycles. The zero-order valence-corrected chi connectivity index (χ0v) is 12.6. The van der Waals surface area contributed by atoms with Gasteiger partial charge in [0.25, 0.3) is 0 Å². The van der Waals surface area contributed by atoms with Gasteiger partial charge in [-0.05, 0) is 20.3 Å². The van der Waals surface area contributed by atoms with Crippen molar-refractivity contribution in [1.82, 2.24) is 20.0 Å². The molecule has 1 aromatic rings. The van der Waals surface area contributed by atoms with Crippen LogP contribution in [0.3, 0.4) is 0 Å². The van der Waals surface area contributed by atoms with Crippen LogP contribution in [0.4, 0.5) is 0 Å². The summed E-state index contributed by atoms with van der Waals surface area (Å²) in [6, 6.07) is -0.395. The second kappa shape index (κ2) is 5.75. The lowest BCUT2D eigenvalue weighted by Crippen LogP contribution is -2.38. The van der Waals surface area contributed by atoms with E-state index < -0.39 is 6.04 Å². The number of aryl methyl sites for hydroxylation is 2. The molecular formula is C14H22N4O2. The van der Waals surface area contributed by atoms with Gasteiger partial charge < -0.3 is 5.32 Å². The fourth-order valence-electron chi connectivity index (χ4n) is 2.60. The molecule has 1 N–H and O–H groups in total. The van der Waals surface area contributed by atoms with Gasteiger partial charge in [-0.3, -0.25) is 19.2 Å². The molecular weight excluding hydrogens is 256 g/mol. The normalized spacial score (nSPS) is 19.2. The maximum absolute atomic E-state index is 12.1. The van der Waals surface area contributed by atoms with Gasteiger partial charge in [0.05, 0.1) is 18.2 Å². The Bertz CT molecular complexity index is 536. The highest BCUT2D eigenvalue weighted by molar-refractivity contribution is 6.05. The van der Waals surface area contributed by atoms with Crippen molar-refractivity contribution in [2.75, 3.05) is 6.54 Å². The van der Waals surface area contributed by atoms with Crippen LogP contribution in [0.5, 0.6) is 0 Å². The maximum atomic E-state index is 12.1. The molecule has 0 radical (unpaired) electrons. The Morgan fingerprint density at radius 3 is 2.60 bits per heavy atom. The number of carbonyl (C=O) groups is 2. The van der Waals surface area contributed by atoms with E-state index in [4.69, 9.17) is 0 Å². The van der Waals surface area contributed by atoms with Crippen LogP contribution in [0.1, 0.15) is 36.7 Å². The molecule has 20 heavy (non-hydrogen) atoms. The van der Waals surface area contributed by atoms with Crippen LogP contribution in [-0.2, 0) is 23.2 Å². The van der Waals surface area contributed by atoms with Gasteiger partial charge in [0, 0.05) is 31.4 Å². The number of amides is 2. The summed E-state index contributed by atoms with van der Waals surface area (Å²) in [5.74, 6) is -0.176. The Morgan fingerprint density at radius 2 is 2.05 bits per heavy atom. The number of aromatic nitrogens is 2. The third kappa shape index (κ3) is 2.60. The molecule has 1 fully saturated rings. The lowest BCUT2D eigenvalue weighted by Gasteiger charge is -2.14. The zero-order chi connectivity index (χ0) is 14.9. The molecule has 0 bridgehead atoms. The standard InChI is InChI=1S/C14H22N4O2/c1-5-6-18-13(19)7-12(14(18)20)15-8-11-9(2)16-17(4)10(11)3/h12,15H,5-8H2,1-4H3. The van der Waals surface area contributed by atoms with E-state index in [-0.39, 0.29) is 18.2 Å². The van der Waals surface area contributed by atoms with Crippen LogP contribution in [0.15, 0.2) is 0 Å². The average Bonchev–Trinajstić information content (AvgIpc) is 2.79. The Morgan fingerprint density at radius 1 is 1.35 bits per heavy atom. The Balaban J connectivity index is 2.01. The number of rotatable bonds is 5. The number of nitrogens with one attached hydrogen (secondary N) is 1. The van der Waals surface area contributed by atoms with Crippen LogP contribution < -0.4 is 5.32 Å². The molecule has 2 rings (SSSR count). The average molecular weight is 278 g/mol. The summed E-state index contributed by atoms with van der Waals surface area (Å²) in [7, 11) is 1.90. The minimum Gasteiger partial charge on any atom is -0.301 e. The van der Waals surface area contributed by atoms with Crippen molar-refractivity contribution in [3.8, 4) is 0 Å². The predicted octanol–water partition coefficient (Wildman–Crippen LogP) is 0.664. The smallest absolute Gasteiger partial charge is 0.246 e. The molecule has 0 saturated carbocycles. The van der Waals surface area contributed by atoms with Crippen molar-refractivity contribution in [1.29, 1.82) is 0 Å². The van der Waals surface area contributed by atoms with Gasteiger partial charge in [-0.25, -0.2) is 0 Å². The summed E-state index contributed by atoms with van der Waals surface area (Å²) in [5.41, 5.74) is 3.14. The quantitative estimate of drug-likeness (QED) is 0.804. The number of imide groups is 1. The van der Waals surface area contributed by atoms with Gasteiger partial charge in [0.2, 0.25) is 11.8 Å². The minimum atomic E-state index is -0.395. The first-order chi connectivity index (χ1) is 9.45. The third-order valence-electron chi connectivity index (χ3n) is 3.88. The highest BCUT2D eigenvalue weighted by Gasteiger charge is 2.37. The van der Waals surface area contributed by atoms with Crippen LogP contribution in [0.2, 0.25) is 0 Å². The van der Waals surface area contributed by atoms with Gasteiger partial charge in [-0.15, -0.1) is 0 Å². The van der Waals surface area contributed by atoms with Gasteiger partial charge in [0.1, 0.15) is 0 Å². The molecule has 6 nitrogen and oxygen atoms in total. The number of hydrogen-bond acceptors (Lipinski definition) is 4. The third-order valence-corrected chi connectivity index (χ3v) is 3.88. The van der Waals surface area contributed by atoms with Crippen molar-refractivity contribution in [3.05, 3.63) is 17.0 Å².